The van der Waals surface area contributed by atoms with Crippen molar-refractivity contribution in [2.45, 2.75) is 22.8 Å². The SMILES string of the molecule is CC(O)c1cc(F)ccc1Sc1cnn(C)c1. The fraction of sp³-hybridized carbons (Fsp3) is 0.250. The van der Waals surface area contributed by atoms with Gasteiger partial charge in [-0.25, -0.2) is 4.39 Å². The van der Waals surface area contributed by atoms with E-state index in [0.29, 0.717) is 5.56 Å². The first-order valence-corrected chi connectivity index (χ1v) is 6.02. The van der Waals surface area contributed by atoms with Crippen molar-refractivity contribution < 1.29 is 9.50 Å². The standard InChI is InChI=1S/C12H13FN2OS/c1-8(16)11-5-9(13)3-4-12(11)17-10-6-14-15(2)7-10/h3-8,16H,1-2H3. The number of benzene rings is 1. The van der Waals surface area contributed by atoms with Crippen LogP contribution < -0.4 is 0 Å². The molecule has 1 N–H and O–H groups in total. The Morgan fingerprint density at radius 1 is 1.47 bits per heavy atom. The van der Waals surface area contributed by atoms with Gasteiger partial charge in [0.1, 0.15) is 5.82 Å². The number of aliphatic hydroxyl groups excluding tert-OH is 1. The molecule has 1 atom stereocenters. The molecule has 0 saturated heterocycles. The Morgan fingerprint density at radius 3 is 2.82 bits per heavy atom. The lowest BCUT2D eigenvalue weighted by Crippen LogP contribution is -1.95. The molecule has 90 valence electrons. The molecule has 17 heavy (non-hydrogen) atoms. The molecule has 0 spiro atoms. The Balaban J connectivity index is 2.32. The highest BCUT2D eigenvalue weighted by Gasteiger charge is 2.11. The zero-order chi connectivity index (χ0) is 12.4. The Kier molecular flexibility index (Phi) is 3.49. The first-order valence-electron chi connectivity index (χ1n) is 5.20. The van der Waals surface area contributed by atoms with Crippen LogP contribution >= 0.6 is 11.8 Å². The maximum Gasteiger partial charge on any atom is 0.123 e. The summed E-state index contributed by atoms with van der Waals surface area (Å²) >= 11 is 1.46. The first-order chi connectivity index (χ1) is 8.06. The molecule has 0 aliphatic carbocycles. The Labute approximate surface area is 103 Å². The molecule has 1 unspecified atom stereocenters. The average molecular weight is 252 g/mol. The Hall–Kier alpha value is -1.33. The maximum absolute atomic E-state index is 13.1. The summed E-state index contributed by atoms with van der Waals surface area (Å²) in [6.45, 7) is 1.63. The molecule has 0 aliphatic rings. The van der Waals surface area contributed by atoms with E-state index in [1.54, 1.807) is 23.9 Å². The van der Waals surface area contributed by atoms with E-state index >= 15 is 0 Å². The van der Waals surface area contributed by atoms with Crippen molar-refractivity contribution in [2.24, 2.45) is 7.05 Å². The molecule has 2 rings (SSSR count). The van der Waals surface area contributed by atoms with E-state index in [0.717, 1.165) is 9.79 Å². The van der Waals surface area contributed by atoms with Crippen molar-refractivity contribution >= 4 is 11.8 Å². The zero-order valence-corrected chi connectivity index (χ0v) is 10.4. The number of hydrogen-bond donors (Lipinski definition) is 1. The van der Waals surface area contributed by atoms with Crippen LogP contribution in [0.25, 0.3) is 0 Å². The van der Waals surface area contributed by atoms with Gasteiger partial charge in [-0.1, -0.05) is 11.8 Å². The molecule has 1 heterocycles. The van der Waals surface area contributed by atoms with Crippen molar-refractivity contribution in [3.8, 4) is 0 Å². The van der Waals surface area contributed by atoms with Crippen molar-refractivity contribution in [3.05, 3.63) is 42.0 Å². The fourth-order valence-corrected chi connectivity index (χ4v) is 2.56. The summed E-state index contributed by atoms with van der Waals surface area (Å²) < 4.78 is 14.8. The average Bonchev–Trinajstić information content (AvgIpc) is 2.66. The first kappa shape index (κ1) is 12.1. The molecule has 0 fully saturated rings. The predicted molar refractivity (Wildman–Crippen MR) is 64.4 cm³/mol. The third kappa shape index (κ3) is 2.87. The minimum atomic E-state index is -0.690. The monoisotopic (exact) mass is 252 g/mol. The number of hydrogen-bond acceptors (Lipinski definition) is 3. The number of nitrogens with zero attached hydrogens (tertiary/aromatic N) is 2. The summed E-state index contributed by atoms with van der Waals surface area (Å²) in [6, 6.07) is 4.43. The van der Waals surface area contributed by atoms with Crippen LogP contribution in [0.15, 0.2) is 40.4 Å². The van der Waals surface area contributed by atoms with Crippen molar-refractivity contribution in [1.82, 2.24) is 9.78 Å². The summed E-state index contributed by atoms with van der Waals surface area (Å²) in [6.07, 6.45) is 2.92. The summed E-state index contributed by atoms with van der Waals surface area (Å²) in [5.74, 6) is -0.337. The van der Waals surface area contributed by atoms with Crippen LogP contribution in [0.2, 0.25) is 0 Å². The molecule has 5 heteroatoms. The zero-order valence-electron chi connectivity index (χ0n) is 9.59. The van der Waals surface area contributed by atoms with E-state index in [-0.39, 0.29) is 5.82 Å². The largest absolute Gasteiger partial charge is 0.389 e. The van der Waals surface area contributed by atoms with Gasteiger partial charge in [-0.05, 0) is 30.7 Å². The molecule has 1 aromatic carbocycles. The topological polar surface area (TPSA) is 38.1 Å². The van der Waals surface area contributed by atoms with E-state index in [1.165, 1.54) is 23.9 Å². The van der Waals surface area contributed by atoms with Crippen LogP contribution in [0.1, 0.15) is 18.6 Å². The van der Waals surface area contributed by atoms with Gasteiger partial charge >= 0.3 is 0 Å². The quantitative estimate of drug-likeness (QED) is 0.912. The normalized spacial score (nSPS) is 12.7. The highest BCUT2D eigenvalue weighted by atomic mass is 32.2. The highest BCUT2D eigenvalue weighted by molar-refractivity contribution is 7.99. The van der Waals surface area contributed by atoms with Crippen molar-refractivity contribution in [1.29, 1.82) is 0 Å². The molecular formula is C12H13FN2OS. The lowest BCUT2D eigenvalue weighted by molar-refractivity contribution is 0.196. The minimum Gasteiger partial charge on any atom is -0.389 e. The second-order valence-corrected chi connectivity index (χ2v) is 4.93. The summed E-state index contributed by atoms with van der Waals surface area (Å²) in [5, 5.41) is 13.7. The van der Waals surface area contributed by atoms with Crippen LogP contribution in [0.5, 0.6) is 0 Å². The number of aromatic nitrogens is 2. The van der Waals surface area contributed by atoms with Crippen molar-refractivity contribution in [2.75, 3.05) is 0 Å². The van der Waals surface area contributed by atoms with E-state index < -0.39 is 6.10 Å². The molecular weight excluding hydrogens is 239 g/mol. The number of aliphatic hydroxyl groups is 1. The van der Waals surface area contributed by atoms with Gasteiger partial charge in [-0.3, -0.25) is 4.68 Å². The third-order valence-electron chi connectivity index (χ3n) is 2.33. The summed E-state index contributed by atoms with van der Waals surface area (Å²) in [7, 11) is 1.84. The molecule has 3 nitrogen and oxygen atoms in total. The van der Waals surface area contributed by atoms with Gasteiger partial charge < -0.3 is 5.11 Å². The molecule has 0 bridgehead atoms. The van der Waals surface area contributed by atoms with E-state index in [4.69, 9.17) is 0 Å². The molecule has 0 saturated carbocycles. The van der Waals surface area contributed by atoms with E-state index in [1.807, 2.05) is 13.2 Å². The molecule has 2 aromatic rings. The number of rotatable bonds is 3. The molecule has 0 radical (unpaired) electrons. The summed E-state index contributed by atoms with van der Waals surface area (Å²) in [4.78, 5) is 1.80. The predicted octanol–water partition coefficient (Wildman–Crippen LogP) is 2.76. The minimum absolute atomic E-state index is 0.337. The van der Waals surface area contributed by atoms with Gasteiger partial charge in [0, 0.05) is 18.1 Å². The smallest absolute Gasteiger partial charge is 0.123 e. The van der Waals surface area contributed by atoms with Crippen LogP contribution in [0, 0.1) is 5.82 Å². The number of aryl methyl sites for hydroxylation is 1. The van der Waals surface area contributed by atoms with E-state index in [9.17, 15) is 9.50 Å². The van der Waals surface area contributed by atoms with E-state index in [2.05, 4.69) is 5.10 Å². The van der Waals surface area contributed by atoms with Gasteiger partial charge in [-0.2, -0.15) is 5.10 Å². The third-order valence-corrected chi connectivity index (χ3v) is 3.37. The van der Waals surface area contributed by atoms with Crippen LogP contribution in [-0.4, -0.2) is 14.9 Å². The highest BCUT2D eigenvalue weighted by Crippen LogP contribution is 2.33. The lowest BCUT2D eigenvalue weighted by atomic mass is 10.1. The molecule has 1 aromatic heterocycles. The Morgan fingerprint density at radius 2 is 2.24 bits per heavy atom. The lowest BCUT2D eigenvalue weighted by Gasteiger charge is -2.10. The van der Waals surface area contributed by atoms with Gasteiger partial charge in [0.25, 0.3) is 0 Å². The van der Waals surface area contributed by atoms with Crippen LogP contribution in [-0.2, 0) is 7.05 Å². The number of halogens is 1. The summed E-state index contributed by atoms with van der Waals surface area (Å²) in [5.41, 5.74) is 0.596. The fourth-order valence-electron chi connectivity index (χ4n) is 1.52. The van der Waals surface area contributed by atoms with Gasteiger partial charge in [-0.15, -0.1) is 0 Å². The van der Waals surface area contributed by atoms with Gasteiger partial charge in [0.05, 0.1) is 17.2 Å². The Bertz CT molecular complexity index is 525. The molecule has 0 amide bonds. The van der Waals surface area contributed by atoms with Gasteiger partial charge in [0.15, 0.2) is 0 Å². The second-order valence-electron chi connectivity index (χ2n) is 3.81. The van der Waals surface area contributed by atoms with Gasteiger partial charge in [0.2, 0.25) is 0 Å². The molecule has 0 aliphatic heterocycles. The van der Waals surface area contributed by atoms with Crippen LogP contribution in [0.3, 0.4) is 0 Å². The second kappa shape index (κ2) is 4.89. The maximum atomic E-state index is 13.1. The van der Waals surface area contributed by atoms with Crippen LogP contribution in [0.4, 0.5) is 4.39 Å². The van der Waals surface area contributed by atoms with Crippen molar-refractivity contribution in [3.63, 3.8) is 0 Å².